The Morgan fingerprint density at radius 3 is 2.36 bits per heavy atom. The fraction of sp³-hybridized carbons (Fsp3) is 0.300. The SMILES string of the molecule is Cc1cc(OCC(=O)O)cc(C)c1Br. The van der Waals surface area contributed by atoms with E-state index in [0.717, 1.165) is 15.6 Å². The minimum Gasteiger partial charge on any atom is -0.482 e. The van der Waals surface area contributed by atoms with Crippen LogP contribution in [0.3, 0.4) is 0 Å². The van der Waals surface area contributed by atoms with Gasteiger partial charge in [0.2, 0.25) is 0 Å². The molecule has 4 heteroatoms. The monoisotopic (exact) mass is 258 g/mol. The summed E-state index contributed by atoms with van der Waals surface area (Å²) in [5.41, 5.74) is 2.07. The number of ether oxygens (including phenoxy) is 1. The van der Waals surface area contributed by atoms with E-state index in [9.17, 15) is 4.79 Å². The summed E-state index contributed by atoms with van der Waals surface area (Å²) >= 11 is 3.42. The normalized spacial score (nSPS) is 9.93. The average Bonchev–Trinajstić information content (AvgIpc) is 2.10. The molecule has 1 rings (SSSR count). The second-order valence-electron chi connectivity index (χ2n) is 3.05. The number of aliphatic carboxylic acids is 1. The topological polar surface area (TPSA) is 46.5 Å². The van der Waals surface area contributed by atoms with Gasteiger partial charge < -0.3 is 9.84 Å². The third-order valence-corrected chi connectivity index (χ3v) is 3.02. The van der Waals surface area contributed by atoms with E-state index in [1.807, 2.05) is 13.8 Å². The molecular weight excluding hydrogens is 248 g/mol. The number of halogens is 1. The van der Waals surface area contributed by atoms with Crippen molar-refractivity contribution in [1.29, 1.82) is 0 Å². The van der Waals surface area contributed by atoms with Crippen LogP contribution in [0.15, 0.2) is 16.6 Å². The standard InChI is InChI=1S/C10H11BrO3/c1-6-3-8(14-5-9(12)13)4-7(2)10(6)11/h3-4H,5H2,1-2H3,(H,12,13). The quantitative estimate of drug-likeness (QED) is 0.907. The molecule has 14 heavy (non-hydrogen) atoms. The van der Waals surface area contributed by atoms with Gasteiger partial charge in [-0.1, -0.05) is 15.9 Å². The van der Waals surface area contributed by atoms with E-state index >= 15 is 0 Å². The third-order valence-electron chi connectivity index (χ3n) is 1.77. The number of carbonyl (C=O) groups is 1. The van der Waals surface area contributed by atoms with Crippen molar-refractivity contribution in [1.82, 2.24) is 0 Å². The lowest BCUT2D eigenvalue weighted by molar-refractivity contribution is -0.139. The molecule has 0 radical (unpaired) electrons. The number of carboxylic acids is 1. The van der Waals surface area contributed by atoms with Crippen LogP contribution in [0, 0.1) is 13.8 Å². The predicted molar refractivity (Wildman–Crippen MR) is 56.7 cm³/mol. The van der Waals surface area contributed by atoms with E-state index in [1.54, 1.807) is 12.1 Å². The fourth-order valence-electron chi connectivity index (χ4n) is 1.13. The molecule has 0 amide bonds. The molecule has 0 fully saturated rings. The third kappa shape index (κ3) is 2.73. The van der Waals surface area contributed by atoms with Crippen molar-refractivity contribution < 1.29 is 14.6 Å². The highest BCUT2D eigenvalue weighted by Gasteiger charge is 2.04. The van der Waals surface area contributed by atoms with Gasteiger partial charge in [-0.2, -0.15) is 0 Å². The lowest BCUT2D eigenvalue weighted by Crippen LogP contribution is -2.09. The molecular formula is C10H11BrO3. The highest BCUT2D eigenvalue weighted by Crippen LogP contribution is 2.26. The lowest BCUT2D eigenvalue weighted by Gasteiger charge is -2.08. The van der Waals surface area contributed by atoms with Crippen molar-refractivity contribution in [2.45, 2.75) is 13.8 Å². The van der Waals surface area contributed by atoms with Crippen LogP contribution in [0.4, 0.5) is 0 Å². The number of hydrogen-bond acceptors (Lipinski definition) is 2. The largest absolute Gasteiger partial charge is 0.482 e. The van der Waals surface area contributed by atoms with Gasteiger partial charge in [-0.05, 0) is 37.1 Å². The molecule has 3 nitrogen and oxygen atoms in total. The van der Waals surface area contributed by atoms with E-state index in [1.165, 1.54) is 0 Å². The summed E-state index contributed by atoms with van der Waals surface area (Å²) in [6.07, 6.45) is 0. The van der Waals surface area contributed by atoms with Gasteiger partial charge in [-0.25, -0.2) is 4.79 Å². The number of benzene rings is 1. The fourth-order valence-corrected chi connectivity index (χ4v) is 1.36. The second kappa shape index (κ2) is 4.46. The average molecular weight is 259 g/mol. The molecule has 76 valence electrons. The van der Waals surface area contributed by atoms with Gasteiger partial charge in [-0.3, -0.25) is 0 Å². The Bertz CT molecular complexity index is 337. The molecule has 0 aliphatic carbocycles. The molecule has 0 aliphatic heterocycles. The summed E-state index contributed by atoms with van der Waals surface area (Å²) in [6.45, 7) is 3.57. The highest BCUT2D eigenvalue weighted by atomic mass is 79.9. The first-order chi connectivity index (χ1) is 6.50. The number of hydrogen-bond donors (Lipinski definition) is 1. The summed E-state index contributed by atoms with van der Waals surface area (Å²) in [4.78, 5) is 10.3. The molecule has 1 N–H and O–H groups in total. The van der Waals surface area contributed by atoms with E-state index in [4.69, 9.17) is 9.84 Å². The van der Waals surface area contributed by atoms with Crippen molar-refractivity contribution >= 4 is 21.9 Å². The van der Waals surface area contributed by atoms with Gasteiger partial charge in [-0.15, -0.1) is 0 Å². The summed E-state index contributed by atoms with van der Waals surface area (Å²) in [6, 6.07) is 3.61. The van der Waals surface area contributed by atoms with Crippen molar-refractivity contribution in [3.8, 4) is 5.75 Å². The molecule has 0 spiro atoms. The van der Waals surface area contributed by atoms with E-state index in [0.29, 0.717) is 5.75 Å². The van der Waals surface area contributed by atoms with Crippen LogP contribution in [-0.4, -0.2) is 17.7 Å². The Labute approximate surface area is 90.8 Å². The zero-order valence-electron chi connectivity index (χ0n) is 8.00. The maximum atomic E-state index is 10.3. The van der Waals surface area contributed by atoms with Crippen LogP contribution in [0.5, 0.6) is 5.75 Å². The van der Waals surface area contributed by atoms with E-state index in [-0.39, 0.29) is 6.61 Å². The van der Waals surface area contributed by atoms with Gasteiger partial charge in [0.15, 0.2) is 6.61 Å². The van der Waals surface area contributed by atoms with Crippen molar-refractivity contribution in [3.05, 3.63) is 27.7 Å². The van der Waals surface area contributed by atoms with Crippen molar-refractivity contribution in [2.75, 3.05) is 6.61 Å². The molecule has 0 saturated carbocycles. The van der Waals surface area contributed by atoms with E-state index < -0.39 is 5.97 Å². The molecule has 0 aromatic heterocycles. The first-order valence-electron chi connectivity index (χ1n) is 4.12. The zero-order valence-corrected chi connectivity index (χ0v) is 9.59. The molecule has 1 aromatic carbocycles. The van der Waals surface area contributed by atoms with Crippen LogP contribution in [0.1, 0.15) is 11.1 Å². The van der Waals surface area contributed by atoms with Gasteiger partial charge in [0.1, 0.15) is 5.75 Å². The second-order valence-corrected chi connectivity index (χ2v) is 3.85. The first kappa shape index (κ1) is 11.0. The van der Waals surface area contributed by atoms with Gasteiger partial charge >= 0.3 is 5.97 Å². The van der Waals surface area contributed by atoms with Crippen LogP contribution in [0.2, 0.25) is 0 Å². The van der Waals surface area contributed by atoms with Crippen LogP contribution in [-0.2, 0) is 4.79 Å². The van der Waals surface area contributed by atoms with Crippen LogP contribution in [0.25, 0.3) is 0 Å². The van der Waals surface area contributed by atoms with Gasteiger partial charge in [0.05, 0.1) is 0 Å². The molecule has 0 saturated heterocycles. The van der Waals surface area contributed by atoms with Crippen molar-refractivity contribution in [3.63, 3.8) is 0 Å². The molecule has 1 aromatic rings. The van der Waals surface area contributed by atoms with Crippen LogP contribution >= 0.6 is 15.9 Å². The minimum absolute atomic E-state index is 0.305. The maximum Gasteiger partial charge on any atom is 0.341 e. The Balaban J connectivity index is 2.84. The Morgan fingerprint density at radius 2 is 1.93 bits per heavy atom. The number of aryl methyl sites for hydroxylation is 2. The van der Waals surface area contributed by atoms with Gasteiger partial charge in [0.25, 0.3) is 0 Å². The summed E-state index contributed by atoms with van der Waals surface area (Å²) in [5.74, 6) is -0.381. The Kier molecular flexibility index (Phi) is 3.52. The summed E-state index contributed by atoms with van der Waals surface area (Å²) in [7, 11) is 0. The maximum absolute atomic E-state index is 10.3. The molecule has 0 unspecified atom stereocenters. The van der Waals surface area contributed by atoms with E-state index in [2.05, 4.69) is 15.9 Å². The number of carboxylic acid groups (broad SMARTS) is 1. The smallest absolute Gasteiger partial charge is 0.341 e. The van der Waals surface area contributed by atoms with Crippen molar-refractivity contribution in [2.24, 2.45) is 0 Å². The zero-order chi connectivity index (χ0) is 10.7. The summed E-state index contributed by atoms with van der Waals surface area (Å²) < 4.78 is 6.09. The molecule has 0 atom stereocenters. The molecule has 0 heterocycles. The molecule has 0 bridgehead atoms. The first-order valence-corrected chi connectivity index (χ1v) is 4.91. The molecule has 0 aliphatic rings. The Hall–Kier alpha value is -1.03. The minimum atomic E-state index is -0.969. The van der Waals surface area contributed by atoms with Gasteiger partial charge in [0, 0.05) is 4.47 Å². The Morgan fingerprint density at radius 1 is 1.43 bits per heavy atom. The summed E-state index contributed by atoms with van der Waals surface area (Å²) in [5, 5.41) is 8.43. The lowest BCUT2D eigenvalue weighted by atomic mass is 10.1. The number of rotatable bonds is 3. The highest BCUT2D eigenvalue weighted by molar-refractivity contribution is 9.10. The predicted octanol–water partition coefficient (Wildman–Crippen LogP) is 2.53. The van der Waals surface area contributed by atoms with Crippen LogP contribution < -0.4 is 4.74 Å².